The third-order valence-electron chi connectivity index (χ3n) is 18.3. The molecule has 0 saturated carbocycles. The molecule has 7 rings (SSSR count). The van der Waals surface area contributed by atoms with Gasteiger partial charge in [0.1, 0.15) is 62.7 Å². The second kappa shape index (κ2) is 59.3. The number of ether oxygens (including phenoxy) is 7. The van der Waals surface area contributed by atoms with Crippen LogP contribution in [0.25, 0.3) is 11.1 Å². The smallest absolute Gasteiger partial charge is 0.422 e. The molecule has 136 heavy (non-hydrogen) atoms. The fourth-order valence-corrected chi connectivity index (χ4v) is 13.1. The number of nitrogens with two attached hydrogens (primary N) is 2. The molecule has 2 heterocycles. The first kappa shape index (κ1) is 124. The Kier molecular flexibility index (Phi) is 54.1. The molecule has 0 aliphatic carbocycles. The summed E-state index contributed by atoms with van der Waals surface area (Å²) in [5, 5.41) is 39.3. The molecule has 1 fully saturated rings. The highest BCUT2D eigenvalue weighted by Gasteiger charge is 2.33. The van der Waals surface area contributed by atoms with Crippen molar-refractivity contribution in [2.45, 2.75) is 280 Å². The van der Waals surface area contributed by atoms with Crippen molar-refractivity contribution < 1.29 is 112 Å². The van der Waals surface area contributed by atoms with Gasteiger partial charge >= 0.3 is 37.2 Å². The van der Waals surface area contributed by atoms with E-state index in [9.17, 15) is 70.4 Å². The number of pyridine rings is 1. The maximum atomic E-state index is 15.6. The van der Waals surface area contributed by atoms with Crippen LogP contribution in [0.4, 0.5) is 50.5 Å². The van der Waals surface area contributed by atoms with Crippen molar-refractivity contribution in [1.82, 2.24) is 38.4 Å². The first-order chi connectivity index (χ1) is 62.2. The predicted octanol–water partition coefficient (Wildman–Crippen LogP) is 18.1. The Balaban J connectivity index is 0.00000104. The molecule has 0 spiro atoms. The normalized spacial score (nSPS) is 15.0. The van der Waals surface area contributed by atoms with E-state index in [0.29, 0.717) is 49.5 Å². The second-order valence-electron chi connectivity index (χ2n) is 37.3. The Morgan fingerprint density at radius 3 is 1.30 bits per heavy atom. The lowest BCUT2D eigenvalue weighted by atomic mass is 9.90. The summed E-state index contributed by atoms with van der Waals surface area (Å²) in [5.74, 6) is 1.71. The van der Waals surface area contributed by atoms with Gasteiger partial charge in [-0.15, -0.1) is 0 Å². The van der Waals surface area contributed by atoms with Gasteiger partial charge in [0, 0.05) is 117 Å². The summed E-state index contributed by atoms with van der Waals surface area (Å²) in [5.41, 5.74) is 12.5. The van der Waals surface area contributed by atoms with E-state index >= 15 is 8.78 Å². The van der Waals surface area contributed by atoms with Crippen LogP contribution in [0.5, 0.6) is 0 Å². The zero-order valence-corrected chi connectivity index (χ0v) is 85.7. The number of alkyl carbamates (subject to hydrolysis) is 1. The molecular formula is C98H138F8I2N12O16. The van der Waals surface area contributed by atoms with E-state index in [1.165, 1.54) is 3.57 Å². The van der Waals surface area contributed by atoms with E-state index in [1.807, 2.05) is 144 Å². The van der Waals surface area contributed by atoms with Gasteiger partial charge in [0.05, 0.1) is 49.4 Å². The van der Waals surface area contributed by atoms with E-state index in [4.69, 9.17) is 35.2 Å². The molecule has 5 aromatic carbocycles. The van der Waals surface area contributed by atoms with Gasteiger partial charge in [0.2, 0.25) is 0 Å². The SMILES string of the molecule is CC(C)(C)OC(=O)C[C@@H](Cc1ccc(I)cc1)[C@@H](O)CNCc1c(F)cc(C(C=NC(F)F)=CN)cc1F.CC(C)(C)OC=O.CC(C)(C)OC=O.CC[C@H](O)[C@@H](CC(=O)OC(C)(C)C)Cc1ccc(I)cc1.C[C@@H]1CN(c2ccc(C#Cc3ccc(C[C@H](NC(=O)OC(C)(C)C)[C@@H](O)CN(Cc4c(F)cc(C(C=NC(F)F)=CN)cc4F)NC(=O)OC(C)(C)C)cc3)cn2)C[C@H](C)O1.N.N. The number of hydrogen-bond acceptors (Lipinski definition) is 26. The maximum absolute atomic E-state index is 15.6. The van der Waals surface area contributed by atoms with Crippen molar-refractivity contribution in [3.63, 3.8) is 0 Å². The summed E-state index contributed by atoms with van der Waals surface area (Å²) >= 11 is 4.44. The average molecular weight is 2150 g/mol. The number of aliphatic imine (C=N–C) groups is 2. The fourth-order valence-electron chi connectivity index (χ4n) is 12.4. The monoisotopic (exact) mass is 2140 g/mol. The number of anilines is 1. The number of amides is 2. The van der Waals surface area contributed by atoms with Crippen molar-refractivity contribution in [2.75, 3.05) is 31.1 Å². The van der Waals surface area contributed by atoms with Crippen LogP contribution < -0.4 is 44.7 Å². The molecule has 28 nitrogen and oxygen atoms in total. The number of aliphatic hydroxyl groups excluding tert-OH is 3. The molecule has 0 unspecified atom stereocenters. The van der Waals surface area contributed by atoms with Crippen LogP contribution in [-0.4, -0.2) is 184 Å². The molecule has 1 aliphatic rings. The molecule has 2 amide bonds. The largest absolute Gasteiger partial charge is 0.462 e. The third-order valence-corrected chi connectivity index (χ3v) is 19.7. The van der Waals surface area contributed by atoms with Gasteiger partial charge in [-0.1, -0.05) is 55.2 Å². The number of morpholine rings is 1. The molecule has 0 bridgehead atoms. The Hall–Kier alpha value is -9.97. The number of nitrogens with one attached hydrogen (secondary N) is 3. The lowest BCUT2D eigenvalue weighted by molar-refractivity contribution is -0.158. The van der Waals surface area contributed by atoms with Crippen LogP contribution in [0.15, 0.2) is 138 Å². The van der Waals surface area contributed by atoms with Crippen molar-refractivity contribution in [3.05, 3.63) is 208 Å². The Morgan fingerprint density at radius 1 is 0.551 bits per heavy atom. The van der Waals surface area contributed by atoms with Crippen molar-refractivity contribution in [1.29, 1.82) is 0 Å². The van der Waals surface area contributed by atoms with Crippen LogP contribution >= 0.6 is 45.2 Å². The Bertz CT molecular complexity index is 4780. The number of esters is 2. The highest BCUT2D eigenvalue weighted by atomic mass is 127. The Labute approximate surface area is 821 Å². The topological polar surface area (TPSA) is 430 Å². The summed E-state index contributed by atoms with van der Waals surface area (Å²) in [6.07, 6.45) is 2.31. The van der Waals surface area contributed by atoms with Crippen LogP contribution in [0.1, 0.15) is 215 Å². The number of aromatic nitrogens is 1. The van der Waals surface area contributed by atoms with Crippen molar-refractivity contribution in [2.24, 2.45) is 33.3 Å². The third kappa shape index (κ3) is 52.5. The maximum Gasteiger partial charge on any atom is 0.422 e. The van der Waals surface area contributed by atoms with Crippen molar-refractivity contribution >= 4 is 112 Å². The van der Waals surface area contributed by atoms with Crippen LogP contribution in [0, 0.1) is 54.1 Å². The molecule has 38 heteroatoms. The molecule has 16 N–H and O–H groups in total. The first-order valence-electron chi connectivity index (χ1n) is 43.2. The van der Waals surface area contributed by atoms with Crippen molar-refractivity contribution in [3.8, 4) is 11.8 Å². The van der Waals surface area contributed by atoms with Gasteiger partial charge in [-0.3, -0.25) is 24.6 Å². The van der Waals surface area contributed by atoms with Gasteiger partial charge in [-0.2, -0.15) is 17.6 Å². The highest BCUT2D eigenvalue weighted by molar-refractivity contribution is 14.1. The van der Waals surface area contributed by atoms with Gasteiger partial charge in [-0.25, -0.2) is 47.1 Å². The molecule has 0 radical (unpaired) electrons. The van der Waals surface area contributed by atoms with Crippen LogP contribution in [0.2, 0.25) is 0 Å². The molecule has 1 saturated heterocycles. The number of allylic oxidation sites excluding steroid dienone is 2. The zero-order chi connectivity index (χ0) is 101. The quantitative estimate of drug-likeness (QED) is 0.00210. The summed E-state index contributed by atoms with van der Waals surface area (Å²) in [4.78, 5) is 82.2. The van der Waals surface area contributed by atoms with E-state index in [2.05, 4.69) is 102 Å². The molecule has 6 aromatic rings. The summed E-state index contributed by atoms with van der Waals surface area (Å²) in [6.45, 7) is 32.5. The highest BCUT2D eigenvalue weighted by Crippen LogP contribution is 2.29. The van der Waals surface area contributed by atoms with E-state index in [0.717, 1.165) is 87.1 Å². The number of carbonyl (C=O) groups is 6. The summed E-state index contributed by atoms with van der Waals surface area (Å²) < 4.78 is 149. The minimum absolute atomic E-state index is 0. The average Bonchev–Trinajstić information content (AvgIpc) is 0.818. The first-order valence-corrected chi connectivity index (χ1v) is 45.4. The molecular weight excluding hydrogens is 2010 g/mol. The van der Waals surface area contributed by atoms with Crippen LogP contribution in [0.3, 0.4) is 0 Å². The van der Waals surface area contributed by atoms with E-state index < -0.39 is 126 Å². The number of rotatable bonds is 33. The molecule has 756 valence electrons. The van der Waals surface area contributed by atoms with Crippen LogP contribution in [-0.2, 0) is 84.7 Å². The minimum Gasteiger partial charge on any atom is -0.462 e. The van der Waals surface area contributed by atoms with Gasteiger partial charge in [0.25, 0.3) is 12.9 Å². The summed E-state index contributed by atoms with van der Waals surface area (Å²) in [6, 6.07) is 29.4. The fraction of sp³-hybridized carbons (Fsp3) is 0.500. The number of alkyl halides is 4. The molecule has 1 aliphatic heterocycles. The Morgan fingerprint density at radius 2 is 0.934 bits per heavy atom. The number of benzene rings is 5. The molecule has 8 atom stereocenters. The number of nitrogens with zero attached hydrogens (tertiary/aromatic N) is 5. The number of carbonyl (C=O) groups excluding carboxylic acids is 6. The zero-order valence-electron chi connectivity index (χ0n) is 81.4. The van der Waals surface area contributed by atoms with E-state index in [1.54, 1.807) is 92.8 Å². The predicted molar refractivity (Wildman–Crippen MR) is 529 cm³/mol. The number of hydrazine groups is 1. The minimum atomic E-state index is -3.07. The lowest BCUT2D eigenvalue weighted by Gasteiger charge is -2.36. The number of aliphatic hydroxyl groups is 3. The second-order valence-corrected chi connectivity index (χ2v) is 39.8. The lowest BCUT2D eigenvalue weighted by Crippen LogP contribution is -2.54. The summed E-state index contributed by atoms with van der Waals surface area (Å²) in [7, 11) is 0. The van der Waals surface area contributed by atoms with E-state index in [-0.39, 0.29) is 108 Å². The molecule has 1 aromatic heterocycles. The van der Waals surface area contributed by atoms with Gasteiger partial charge < -0.3 is 87.8 Å². The number of halogens is 10. The van der Waals surface area contributed by atoms with Gasteiger partial charge in [-0.05, 0) is 316 Å². The van der Waals surface area contributed by atoms with Gasteiger partial charge in [0.15, 0.2) is 0 Å². The number of hydrogen-bond donors (Lipinski definition) is 10. The standard InChI is InChI=1S/C44H55F4N7O6.C27H32F4IN3O3.C17H25IO3.2C5H10O2.2H3N/c1-27-23-54(24-28(2)59-27)39-16-15-31(21-50-39)14-11-29-9-12-30(13-10-29)17-37(52-41(57)60-43(3,4)5)38(56)26-55(53-42(58)61-44(6,7)8)25-34-35(45)18-32(19-36(34)46)33(20-49)22-51-40(47)48;1-27(2,3)38-25(37)11-18(8-16-4-6-20(32)7-5-16)24(36)15-34-14-21-22(28)9-17(10-23(21)29)19(12-33)13-35-26(30)31;1-5-15(19)13(11-16(20)21-17(2,3)4)10-12-6-8-14(18)9-7-12;2*1-5(2,3)7-4-6;;/h9-10,12-13,15-16,18-22,27-28,37-38,40,56H,17,23-26,49H2,1-8H3,(H,52,57)(H,53,58);4-7,9-10,12-13,18,24,26,34,36H,8,11,14-15,33H2,1-3H3;6-9,13,15,19H,5,10-11H2,1-4H3;2*4H,1-3H3;2*1H3/t27-,28+,37-,38-;18-,24+;13-,15+;;;;/m011..../s1.